The van der Waals surface area contributed by atoms with Gasteiger partial charge in [-0.2, -0.15) is 0 Å². The molecule has 0 saturated heterocycles. The zero-order valence-corrected chi connectivity index (χ0v) is 9.05. The van der Waals surface area contributed by atoms with E-state index in [9.17, 15) is 0 Å². The van der Waals surface area contributed by atoms with Gasteiger partial charge >= 0.3 is 0 Å². The number of hydrogen-bond donors (Lipinski definition) is 2. The van der Waals surface area contributed by atoms with Crippen molar-refractivity contribution in [3.8, 4) is 0 Å². The van der Waals surface area contributed by atoms with Gasteiger partial charge in [-0.15, -0.1) is 0 Å². The molecule has 0 aromatic carbocycles. The number of halogens is 1. The molecule has 1 aromatic rings. The summed E-state index contributed by atoms with van der Waals surface area (Å²) < 4.78 is 0. The van der Waals surface area contributed by atoms with Gasteiger partial charge in [0.1, 0.15) is 0 Å². The minimum atomic E-state index is -0.0581. The molecule has 0 aliphatic carbocycles. The average molecular weight is 212 g/mol. The van der Waals surface area contributed by atoms with Gasteiger partial charge < -0.3 is 0 Å². The first-order chi connectivity index (χ1) is 6.63. The molecule has 0 fully saturated rings. The second-order valence-corrected chi connectivity index (χ2v) is 3.73. The van der Waals surface area contributed by atoms with Gasteiger partial charge in [0.2, 0.25) is 0 Å². The Kier molecular flexibility index (Phi) is 4.07. The highest BCUT2D eigenvalue weighted by molar-refractivity contribution is 6.30. The molecule has 0 amide bonds. The Morgan fingerprint density at radius 1 is 1.57 bits per heavy atom. The molecule has 76 valence electrons. The summed E-state index contributed by atoms with van der Waals surface area (Å²) in [6, 6.07) is 3.59. The fraction of sp³-hybridized carbons (Fsp3) is 0.300. The van der Waals surface area contributed by atoms with Crippen molar-refractivity contribution in [2.45, 2.75) is 19.9 Å². The summed E-state index contributed by atoms with van der Waals surface area (Å²) in [4.78, 5) is 4.18. The second-order valence-electron chi connectivity index (χ2n) is 3.29. The lowest BCUT2D eigenvalue weighted by Crippen LogP contribution is -2.27. The van der Waals surface area contributed by atoms with Crippen LogP contribution in [0.5, 0.6) is 0 Å². The highest BCUT2D eigenvalue weighted by Gasteiger charge is 2.06. The molecule has 14 heavy (non-hydrogen) atoms. The first-order valence-corrected chi connectivity index (χ1v) is 4.74. The van der Waals surface area contributed by atoms with E-state index in [1.54, 1.807) is 12.3 Å². The SMILES string of the molecule is CC(C)=CC(NN)c1ccc(Cl)cn1. The van der Waals surface area contributed by atoms with Crippen LogP contribution >= 0.6 is 11.6 Å². The van der Waals surface area contributed by atoms with Crippen molar-refractivity contribution in [1.82, 2.24) is 10.4 Å². The normalized spacial score (nSPS) is 12.3. The monoisotopic (exact) mass is 211 g/mol. The Bertz CT molecular complexity index is 315. The van der Waals surface area contributed by atoms with Crippen molar-refractivity contribution in [3.63, 3.8) is 0 Å². The van der Waals surface area contributed by atoms with Crippen LogP contribution in [0.25, 0.3) is 0 Å². The van der Waals surface area contributed by atoms with Gasteiger partial charge in [-0.05, 0) is 26.0 Å². The summed E-state index contributed by atoms with van der Waals surface area (Å²) in [5.41, 5.74) is 4.73. The number of hydrazine groups is 1. The number of nitrogens with zero attached hydrogens (tertiary/aromatic N) is 1. The maximum Gasteiger partial charge on any atom is 0.0814 e. The number of aromatic nitrogens is 1. The van der Waals surface area contributed by atoms with Crippen LogP contribution in [0.1, 0.15) is 25.6 Å². The molecule has 3 nitrogen and oxygen atoms in total. The molecule has 0 saturated carbocycles. The molecule has 1 atom stereocenters. The van der Waals surface area contributed by atoms with Crippen LogP contribution in [0.15, 0.2) is 30.0 Å². The second kappa shape index (κ2) is 5.10. The molecule has 0 aliphatic heterocycles. The van der Waals surface area contributed by atoms with E-state index in [1.165, 1.54) is 5.57 Å². The Labute approximate surface area is 88.9 Å². The highest BCUT2D eigenvalue weighted by Crippen LogP contribution is 2.15. The zero-order chi connectivity index (χ0) is 10.6. The fourth-order valence-corrected chi connectivity index (χ4v) is 1.24. The Morgan fingerprint density at radius 3 is 2.71 bits per heavy atom. The van der Waals surface area contributed by atoms with Crippen LogP contribution in [0, 0.1) is 0 Å². The predicted octanol–water partition coefficient (Wildman–Crippen LogP) is 2.21. The number of hydrogen-bond acceptors (Lipinski definition) is 3. The number of nitrogens with two attached hydrogens (primary N) is 1. The minimum absolute atomic E-state index is 0.0581. The van der Waals surface area contributed by atoms with Crippen LogP contribution < -0.4 is 11.3 Å². The number of pyridine rings is 1. The van der Waals surface area contributed by atoms with Gasteiger partial charge in [-0.1, -0.05) is 23.3 Å². The highest BCUT2D eigenvalue weighted by atomic mass is 35.5. The molecular formula is C10H14ClN3. The standard InChI is InChI=1S/C10H14ClN3/c1-7(2)5-10(14-12)9-4-3-8(11)6-13-9/h3-6,10,14H,12H2,1-2H3. The van der Waals surface area contributed by atoms with Crippen molar-refractivity contribution in [2.75, 3.05) is 0 Å². The van der Waals surface area contributed by atoms with E-state index in [0.717, 1.165) is 5.69 Å². The van der Waals surface area contributed by atoms with Crippen molar-refractivity contribution in [3.05, 3.63) is 40.7 Å². The maximum atomic E-state index is 5.74. The predicted molar refractivity (Wildman–Crippen MR) is 58.7 cm³/mol. The summed E-state index contributed by atoms with van der Waals surface area (Å²) in [5, 5.41) is 0.627. The molecule has 0 aliphatic rings. The lowest BCUT2D eigenvalue weighted by Gasteiger charge is -2.11. The van der Waals surface area contributed by atoms with E-state index in [0.29, 0.717) is 5.02 Å². The van der Waals surface area contributed by atoms with E-state index in [1.807, 2.05) is 26.0 Å². The summed E-state index contributed by atoms with van der Waals surface area (Å²) in [6.45, 7) is 4.03. The van der Waals surface area contributed by atoms with Crippen molar-refractivity contribution in [1.29, 1.82) is 0 Å². The molecule has 1 rings (SSSR count). The third-order valence-corrected chi connectivity index (χ3v) is 1.97. The fourth-order valence-electron chi connectivity index (χ4n) is 1.12. The molecule has 0 radical (unpaired) electrons. The van der Waals surface area contributed by atoms with E-state index in [-0.39, 0.29) is 6.04 Å². The van der Waals surface area contributed by atoms with Crippen LogP contribution in [0.3, 0.4) is 0 Å². The summed E-state index contributed by atoms with van der Waals surface area (Å²) >= 11 is 5.74. The zero-order valence-electron chi connectivity index (χ0n) is 8.29. The number of rotatable bonds is 3. The lowest BCUT2D eigenvalue weighted by atomic mass is 10.1. The van der Waals surface area contributed by atoms with Crippen LogP contribution in [0.2, 0.25) is 5.02 Å². The molecule has 1 aromatic heterocycles. The van der Waals surface area contributed by atoms with Crippen molar-refractivity contribution >= 4 is 11.6 Å². The molecule has 4 heteroatoms. The van der Waals surface area contributed by atoms with Gasteiger partial charge in [0, 0.05) is 6.20 Å². The first kappa shape index (κ1) is 11.2. The molecular weight excluding hydrogens is 198 g/mol. The Balaban J connectivity index is 2.90. The maximum absolute atomic E-state index is 5.74. The van der Waals surface area contributed by atoms with E-state index in [2.05, 4.69) is 10.4 Å². The van der Waals surface area contributed by atoms with Gasteiger partial charge in [-0.25, -0.2) is 5.43 Å². The lowest BCUT2D eigenvalue weighted by molar-refractivity contribution is 0.635. The average Bonchev–Trinajstić information content (AvgIpc) is 2.15. The van der Waals surface area contributed by atoms with Gasteiger partial charge in [-0.3, -0.25) is 10.8 Å². The molecule has 0 spiro atoms. The molecule has 3 N–H and O–H groups in total. The van der Waals surface area contributed by atoms with Gasteiger partial charge in [0.15, 0.2) is 0 Å². The minimum Gasteiger partial charge on any atom is -0.271 e. The number of allylic oxidation sites excluding steroid dienone is 1. The van der Waals surface area contributed by atoms with Gasteiger partial charge in [0.05, 0.1) is 16.8 Å². The van der Waals surface area contributed by atoms with E-state index >= 15 is 0 Å². The van der Waals surface area contributed by atoms with Gasteiger partial charge in [0.25, 0.3) is 0 Å². The van der Waals surface area contributed by atoms with E-state index < -0.39 is 0 Å². The van der Waals surface area contributed by atoms with Crippen LogP contribution in [-0.4, -0.2) is 4.98 Å². The first-order valence-electron chi connectivity index (χ1n) is 4.36. The topological polar surface area (TPSA) is 50.9 Å². The van der Waals surface area contributed by atoms with Crippen LogP contribution in [-0.2, 0) is 0 Å². The van der Waals surface area contributed by atoms with Crippen LogP contribution in [0.4, 0.5) is 0 Å². The molecule has 1 unspecified atom stereocenters. The largest absolute Gasteiger partial charge is 0.271 e. The van der Waals surface area contributed by atoms with Crippen molar-refractivity contribution < 1.29 is 0 Å². The summed E-state index contributed by atoms with van der Waals surface area (Å²) in [7, 11) is 0. The third-order valence-electron chi connectivity index (χ3n) is 1.75. The molecule has 0 bridgehead atoms. The Hall–Kier alpha value is -0.900. The van der Waals surface area contributed by atoms with E-state index in [4.69, 9.17) is 17.4 Å². The summed E-state index contributed by atoms with van der Waals surface area (Å²) in [6.07, 6.45) is 3.62. The smallest absolute Gasteiger partial charge is 0.0814 e. The third kappa shape index (κ3) is 3.10. The number of nitrogens with one attached hydrogen (secondary N) is 1. The summed E-state index contributed by atoms with van der Waals surface area (Å²) in [5.74, 6) is 5.42. The quantitative estimate of drug-likeness (QED) is 0.458. The van der Waals surface area contributed by atoms with Crippen molar-refractivity contribution in [2.24, 2.45) is 5.84 Å². The Morgan fingerprint density at radius 2 is 2.29 bits per heavy atom. The molecule has 1 heterocycles.